The summed E-state index contributed by atoms with van der Waals surface area (Å²) in [6.07, 6.45) is 0. The van der Waals surface area contributed by atoms with Crippen LogP contribution in [0.2, 0.25) is 0 Å². The first-order valence-corrected chi connectivity index (χ1v) is 6.12. The molecule has 0 bridgehead atoms. The molecule has 0 aliphatic carbocycles. The van der Waals surface area contributed by atoms with E-state index in [2.05, 4.69) is 0 Å². The predicted molar refractivity (Wildman–Crippen MR) is 70.6 cm³/mol. The molecule has 0 radical (unpaired) electrons. The summed E-state index contributed by atoms with van der Waals surface area (Å²) in [4.78, 5) is 13.5. The van der Waals surface area contributed by atoms with E-state index in [-0.39, 0.29) is 31.7 Å². The third kappa shape index (κ3) is 4.27. The molecule has 0 saturated carbocycles. The number of aliphatic hydroxyl groups excluding tert-OH is 1. The van der Waals surface area contributed by atoms with Crippen molar-refractivity contribution in [3.8, 4) is 11.8 Å². The number of nitrogens with zero attached hydrogens (tertiary/aromatic N) is 2. The van der Waals surface area contributed by atoms with Crippen LogP contribution >= 0.6 is 0 Å². The van der Waals surface area contributed by atoms with Crippen molar-refractivity contribution in [1.29, 1.82) is 5.26 Å². The maximum atomic E-state index is 12.0. The van der Waals surface area contributed by atoms with Gasteiger partial charge in [-0.1, -0.05) is 12.1 Å². The van der Waals surface area contributed by atoms with Crippen molar-refractivity contribution < 1.29 is 14.6 Å². The molecule has 0 fully saturated rings. The van der Waals surface area contributed by atoms with E-state index >= 15 is 0 Å². The van der Waals surface area contributed by atoms with Crippen molar-refractivity contribution in [3.05, 3.63) is 29.8 Å². The van der Waals surface area contributed by atoms with E-state index in [0.29, 0.717) is 11.3 Å². The summed E-state index contributed by atoms with van der Waals surface area (Å²) < 4.78 is 5.37. The maximum Gasteiger partial charge on any atom is 0.260 e. The molecule has 5 nitrogen and oxygen atoms in total. The molecule has 1 rings (SSSR count). The van der Waals surface area contributed by atoms with Gasteiger partial charge in [-0.25, -0.2) is 0 Å². The summed E-state index contributed by atoms with van der Waals surface area (Å²) >= 11 is 0. The molecule has 1 aromatic carbocycles. The van der Waals surface area contributed by atoms with Crippen molar-refractivity contribution in [2.24, 2.45) is 0 Å². The topological polar surface area (TPSA) is 73.6 Å². The van der Waals surface area contributed by atoms with Crippen LogP contribution in [0.1, 0.15) is 19.4 Å². The fourth-order valence-electron chi connectivity index (χ4n) is 1.69. The van der Waals surface area contributed by atoms with E-state index in [0.717, 1.165) is 0 Å². The molecule has 102 valence electrons. The molecular formula is C14H18N2O3. The van der Waals surface area contributed by atoms with Crippen LogP contribution in [0.3, 0.4) is 0 Å². The number of rotatable bonds is 6. The summed E-state index contributed by atoms with van der Waals surface area (Å²) in [6.45, 7) is 3.79. The first-order chi connectivity index (χ1) is 9.10. The lowest BCUT2D eigenvalue weighted by Gasteiger charge is -2.25. The average molecular weight is 262 g/mol. The number of hydrogen-bond acceptors (Lipinski definition) is 4. The van der Waals surface area contributed by atoms with Crippen LogP contribution in [-0.4, -0.2) is 41.7 Å². The minimum absolute atomic E-state index is 0.00513. The van der Waals surface area contributed by atoms with Crippen LogP contribution in [0.5, 0.6) is 5.75 Å². The van der Waals surface area contributed by atoms with Gasteiger partial charge < -0.3 is 14.7 Å². The lowest BCUT2D eigenvalue weighted by atomic mass is 10.2. The van der Waals surface area contributed by atoms with E-state index in [4.69, 9.17) is 15.1 Å². The molecule has 0 spiro atoms. The number of carbonyl (C=O) groups is 1. The third-order valence-electron chi connectivity index (χ3n) is 2.64. The van der Waals surface area contributed by atoms with E-state index in [9.17, 15) is 4.79 Å². The average Bonchev–Trinajstić information content (AvgIpc) is 2.42. The Morgan fingerprint density at radius 1 is 1.47 bits per heavy atom. The lowest BCUT2D eigenvalue weighted by molar-refractivity contribution is -0.135. The molecule has 19 heavy (non-hydrogen) atoms. The summed E-state index contributed by atoms with van der Waals surface area (Å²) in [7, 11) is 0. The van der Waals surface area contributed by atoms with Gasteiger partial charge in [0.05, 0.1) is 12.2 Å². The minimum atomic E-state index is -0.211. The Bertz CT molecular complexity index is 466. The predicted octanol–water partition coefficient (Wildman–Crippen LogP) is 1.17. The van der Waals surface area contributed by atoms with E-state index in [1.165, 1.54) is 4.90 Å². The van der Waals surface area contributed by atoms with Gasteiger partial charge in [0, 0.05) is 12.6 Å². The lowest BCUT2D eigenvalue weighted by Crippen LogP contribution is -2.41. The molecule has 0 heterocycles. The van der Waals surface area contributed by atoms with Crippen molar-refractivity contribution in [2.45, 2.75) is 19.9 Å². The summed E-state index contributed by atoms with van der Waals surface area (Å²) in [6, 6.07) is 8.76. The fraction of sp³-hybridized carbons (Fsp3) is 0.429. The van der Waals surface area contributed by atoms with Gasteiger partial charge in [0.15, 0.2) is 6.61 Å². The number of nitriles is 1. The van der Waals surface area contributed by atoms with Crippen LogP contribution in [-0.2, 0) is 4.79 Å². The number of benzene rings is 1. The molecule has 1 aromatic rings. The highest BCUT2D eigenvalue weighted by Gasteiger charge is 2.17. The van der Waals surface area contributed by atoms with Crippen molar-refractivity contribution in [1.82, 2.24) is 4.90 Å². The minimum Gasteiger partial charge on any atom is -0.482 e. The highest BCUT2D eigenvalue weighted by atomic mass is 16.5. The second-order valence-electron chi connectivity index (χ2n) is 4.30. The molecule has 0 aliphatic heterocycles. The van der Waals surface area contributed by atoms with Crippen LogP contribution < -0.4 is 4.74 Å². The summed E-state index contributed by atoms with van der Waals surface area (Å²) in [5.74, 6) is 0.183. The van der Waals surface area contributed by atoms with E-state index in [1.807, 2.05) is 19.9 Å². The normalized spacial score (nSPS) is 10.1. The molecule has 0 aromatic heterocycles. The zero-order valence-electron chi connectivity index (χ0n) is 11.2. The zero-order valence-corrected chi connectivity index (χ0v) is 11.2. The first kappa shape index (κ1) is 15.0. The Morgan fingerprint density at radius 3 is 2.74 bits per heavy atom. The molecule has 0 unspecified atom stereocenters. The van der Waals surface area contributed by atoms with Crippen LogP contribution in [0, 0.1) is 11.3 Å². The molecular weight excluding hydrogens is 244 g/mol. The Balaban J connectivity index is 2.65. The smallest absolute Gasteiger partial charge is 0.260 e. The highest BCUT2D eigenvalue weighted by Crippen LogP contribution is 2.16. The van der Waals surface area contributed by atoms with E-state index in [1.54, 1.807) is 24.3 Å². The Labute approximate surface area is 113 Å². The van der Waals surface area contributed by atoms with Gasteiger partial charge in [-0.2, -0.15) is 5.26 Å². The number of ether oxygens (including phenoxy) is 1. The summed E-state index contributed by atoms with van der Waals surface area (Å²) in [5, 5.41) is 17.8. The largest absolute Gasteiger partial charge is 0.482 e. The fourth-order valence-corrected chi connectivity index (χ4v) is 1.69. The number of para-hydroxylation sites is 1. The Hall–Kier alpha value is -2.06. The van der Waals surface area contributed by atoms with Gasteiger partial charge >= 0.3 is 0 Å². The number of aliphatic hydroxyl groups is 1. The summed E-state index contributed by atoms with van der Waals surface area (Å²) in [5.41, 5.74) is 0.397. The number of hydrogen-bond donors (Lipinski definition) is 1. The zero-order chi connectivity index (χ0) is 14.3. The van der Waals surface area contributed by atoms with Crippen molar-refractivity contribution in [2.75, 3.05) is 19.8 Å². The number of carbonyl (C=O) groups excluding carboxylic acids is 1. The Kier molecular flexibility index (Phi) is 5.83. The first-order valence-electron chi connectivity index (χ1n) is 6.12. The standard InChI is InChI=1S/C14H18N2O3/c1-11(2)16(7-8-17)14(18)10-19-13-6-4-3-5-12(13)9-15/h3-6,11,17H,7-8,10H2,1-2H3. The van der Waals surface area contributed by atoms with Crippen LogP contribution in [0.15, 0.2) is 24.3 Å². The highest BCUT2D eigenvalue weighted by molar-refractivity contribution is 5.78. The molecule has 0 saturated heterocycles. The van der Waals surface area contributed by atoms with Gasteiger partial charge in [-0.15, -0.1) is 0 Å². The van der Waals surface area contributed by atoms with Gasteiger partial charge in [-0.3, -0.25) is 4.79 Å². The molecule has 1 amide bonds. The SMILES string of the molecule is CC(C)N(CCO)C(=O)COc1ccccc1C#N. The van der Waals surface area contributed by atoms with Gasteiger partial charge in [0.2, 0.25) is 0 Å². The van der Waals surface area contributed by atoms with Gasteiger partial charge in [0.1, 0.15) is 11.8 Å². The quantitative estimate of drug-likeness (QED) is 0.835. The second-order valence-corrected chi connectivity index (χ2v) is 4.30. The third-order valence-corrected chi connectivity index (χ3v) is 2.64. The molecule has 5 heteroatoms. The van der Waals surface area contributed by atoms with Crippen molar-refractivity contribution in [3.63, 3.8) is 0 Å². The second kappa shape index (κ2) is 7.39. The number of amides is 1. The Morgan fingerprint density at radius 2 is 2.16 bits per heavy atom. The maximum absolute atomic E-state index is 12.0. The van der Waals surface area contributed by atoms with Crippen LogP contribution in [0.4, 0.5) is 0 Å². The monoisotopic (exact) mass is 262 g/mol. The van der Waals surface area contributed by atoms with Crippen LogP contribution in [0.25, 0.3) is 0 Å². The van der Waals surface area contributed by atoms with Gasteiger partial charge in [-0.05, 0) is 26.0 Å². The molecule has 0 atom stereocenters. The molecule has 0 aliphatic rings. The van der Waals surface area contributed by atoms with E-state index < -0.39 is 0 Å². The van der Waals surface area contributed by atoms with Crippen molar-refractivity contribution >= 4 is 5.91 Å². The van der Waals surface area contributed by atoms with Gasteiger partial charge in [0.25, 0.3) is 5.91 Å². The molecule has 1 N–H and O–H groups in total.